The van der Waals surface area contributed by atoms with Crippen molar-refractivity contribution < 1.29 is 0 Å². The first-order chi connectivity index (χ1) is 6.74. The third-order valence-electron chi connectivity index (χ3n) is 2.76. The fourth-order valence-corrected chi connectivity index (χ4v) is 1.79. The maximum atomic E-state index is 3.62. The summed E-state index contributed by atoms with van der Waals surface area (Å²) < 4.78 is 0. The molecule has 0 radical (unpaired) electrons. The van der Waals surface area contributed by atoms with E-state index in [0.717, 1.165) is 12.5 Å². The number of nitrogens with one attached hydrogen (secondary N) is 1. The lowest BCUT2D eigenvalue weighted by Crippen LogP contribution is -2.29. The van der Waals surface area contributed by atoms with Crippen molar-refractivity contribution in [2.75, 3.05) is 0 Å². The molecule has 1 fully saturated rings. The summed E-state index contributed by atoms with van der Waals surface area (Å²) in [6.07, 6.45) is 3.90. The molecule has 0 saturated heterocycles. The van der Waals surface area contributed by atoms with Crippen LogP contribution in [0.3, 0.4) is 0 Å². The summed E-state index contributed by atoms with van der Waals surface area (Å²) in [5.41, 5.74) is 2.79. The molecule has 0 heterocycles. The van der Waals surface area contributed by atoms with E-state index in [9.17, 15) is 0 Å². The number of hydrogen-bond donors (Lipinski definition) is 1. The lowest BCUT2D eigenvalue weighted by atomic mass is 10.1. The molecule has 14 heavy (non-hydrogen) atoms. The lowest BCUT2D eigenvalue weighted by molar-refractivity contribution is 0.542. The molecule has 76 valence electrons. The minimum atomic E-state index is 0.616. The van der Waals surface area contributed by atoms with Gasteiger partial charge >= 0.3 is 0 Å². The van der Waals surface area contributed by atoms with Crippen molar-refractivity contribution in [3.05, 3.63) is 35.4 Å². The molecule has 0 spiro atoms. The van der Waals surface area contributed by atoms with Gasteiger partial charge in [-0.25, -0.2) is 0 Å². The van der Waals surface area contributed by atoms with Crippen LogP contribution in [0.5, 0.6) is 0 Å². The summed E-state index contributed by atoms with van der Waals surface area (Å²) in [5, 5.41) is 3.62. The minimum absolute atomic E-state index is 0.616. The van der Waals surface area contributed by atoms with E-state index in [2.05, 4.69) is 43.4 Å². The molecule has 0 bridgehead atoms. The van der Waals surface area contributed by atoms with Crippen LogP contribution in [-0.2, 0) is 6.42 Å². The summed E-state index contributed by atoms with van der Waals surface area (Å²) in [6.45, 7) is 4.41. The quantitative estimate of drug-likeness (QED) is 0.768. The normalized spacial score (nSPS) is 18.1. The highest BCUT2D eigenvalue weighted by molar-refractivity contribution is 5.22. The molecule has 0 aliphatic heterocycles. The van der Waals surface area contributed by atoms with Crippen LogP contribution < -0.4 is 5.32 Å². The Morgan fingerprint density at radius 1 is 1.29 bits per heavy atom. The molecule has 1 unspecified atom stereocenters. The molecule has 1 nitrogen and oxygen atoms in total. The smallest absolute Gasteiger partial charge is 0.00817 e. The highest BCUT2D eigenvalue weighted by atomic mass is 15.0. The maximum Gasteiger partial charge on any atom is 0.00817 e. The number of aryl methyl sites for hydroxylation is 1. The first kappa shape index (κ1) is 9.72. The molecule has 1 aliphatic carbocycles. The maximum absolute atomic E-state index is 3.62. The number of rotatable bonds is 4. The molecule has 1 N–H and O–H groups in total. The van der Waals surface area contributed by atoms with E-state index in [1.54, 1.807) is 0 Å². The monoisotopic (exact) mass is 189 g/mol. The second-order valence-corrected chi connectivity index (χ2v) is 4.53. The third-order valence-corrected chi connectivity index (χ3v) is 2.76. The van der Waals surface area contributed by atoms with Crippen LogP contribution in [0.15, 0.2) is 24.3 Å². The van der Waals surface area contributed by atoms with Gasteiger partial charge in [0, 0.05) is 12.1 Å². The summed E-state index contributed by atoms with van der Waals surface area (Å²) in [5.74, 6) is 0. The van der Waals surface area contributed by atoms with Crippen molar-refractivity contribution >= 4 is 0 Å². The molecule has 1 aromatic carbocycles. The fourth-order valence-electron chi connectivity index (χ4n) is 1.79. The van der Waals surface area contributed by atoms with Crippen LogP contribution >= 0.6 is 0 Å². The first-order valence-electron chi connectivity index (χ1n) is 5.55. The van der Waals surface area contributed by atoms with E-state index in [4.69, 9.17) is 0 Å². The van der Waals surface area contributed by atoms with Crippen LogP contribution in [-0.4, -0.2) is 12.1 Å². The largest absolute Gasteiger partial charge is 0.311 e. The molecule has 1 aliphatic rings. The van der Waals surface area contributed by atoms with Gasteiger partial charge in [-0.15, -0.1) is 0 Å². The molecular formula is C13H19N. The van der Waals surface area contributed by atoms with E-state index in [0.29, 0.717) is 6.04 Å². The van der Waals surface area contributed by atoms with Crippen molar-refractivity contribution in [2.45, 2.75) is 45.2 Å². The van der Waals surface area contributed by atoms with E-state index < -0.39 is 0 Å². The first-order valence-corrected chi connectivity index (χ1v) is 5.55. The van der Waals surface area contributed by atoms with Gasteiger partial charge in [-0.1, -0.05) is 29.8 Å². The third kappa shape index (κ3) is 2.85. The summed E-state index contributed by atoms with van der Waals surface area (Å²) in [7, 11) is 0. The zero-order valence-corrected chi connectivity index (χ0v) is 9.09. The van der Waals surface area contributed by atoms with E-state index >= 15 is 0 Å². The summed E-state index contributed by atoms with van der Waals surface area (Å²) >= 11 is 0. The molecule has 0 aromatic heterocycles. The topological polar surface area (TPSA) is 12.0 Å². The van der Waals surface area contributed by atoms with Gasteiger partial charge in [0.1, 0.15) is 0 Å². The summed E-state index contributed by atoms with van der Waals surface area (Å²) in [6, 6.07) is 10.3. The van der Waals surface area contributed by atoms with Gasteiger partial charge in [0.15, 0.2) is 0 Å². The Bertz CT molecular complexity index is 285. The molecule has 1 aromatic rings. The van der Waals surface area contributed by atoms with Crippen LogP contribution in [0.4, 0.5) is 0 Å². The SMILES string of the molecule is Cc1ccc(CC(C)NC2CC2)cc1. The van der Waals surface area contributed by atoms with Crippen LogP contribution in [0.2, 0.25) is 0 Å². The zero-order valence-electron chi connectivity index (χ0n) is 9.09. The Hall–Kier alpha value is -0.820. The van der Waals surface area contributed by atoms with Gasteiger partial charge in [-0.05, 0) is 38.7 Å². The number of benzene rings is 1. The predicted octanol–water partition coefficient (Wildman–Crippen LogP) is 2.68. The van der Waals surface area contributed by atoms with Crippen molar-refractivity contribution in [3.8, 4) is 0 Å². The van der Waals surface area contributed by atoms with Gasteiger partial charge in [0.05, 0.1) is 0 Å². The van der Waals surface area contributed by atoms with Crippen molar-refractivity contribution in [3.63, 3.8) is 0 Å². The number of hydrogen-bond acceptors (Lipinski definition) is 1. The van der Waals surface area contributed by atoms with Gasteiger partial charge in [-0.3, -0.25) is 0 Å². The van der Waals surface area contributed by atoms with Gasteiger partial charge in [-0.2, -0.15) is 0 Å². The summed E-state index contributed by atoms with van der Waals surface area (Å²) in [4.78, 5) is 0. The van der Waals surface area contributed by atoms with Gasteiger partial charge in [0.25, 0.3) is 0 Å². The minimum Gasteiger partial charge on any atom is -0.311 e. The molecule has 0 amide bonds. The Balaban J connectivity index is 1.85. The van der Waals surface area contributed by atoms with Crippen LogP contribution in [0, 0.1) is 6.92 Å². The Labute approximate surface area is 86.5 Å². The lowest BCUT2D eigenvalue weighted by Gasteiger charge is -2.13. The van der Waals surface area contributed by atoms with Gasteiger partial charge < -0.3 is 5.32 Å². The van der Waals surface area contributed by atoms with Gasteiger partial charge in [0.2, 0.25) is 0 Å². The molecule has 1 saturated carbocycles. The van der Waals surface area contributed by atoms with E-state index in [1.807, 2.05) is 0 Å². The van der Waals surface area contributed by atoms with Crippen LogP contribution in [0.1, 0.15) is 30.9 Å². The fraction of sp³-hybridized carbons (Fsp3) is 0.538. The zero-order chi connectivity index (χ0) is 9.97. The Kier molecular flexibility index (Phi) is 2.87. The molecular weight excluding hydrogens is 170 g/mol. The molecule has 1 atom stereocenters. The molecule has 2 rings (SSSR count). The van der Waals surface area contributed by atoms with E-state index in [-0.39, 0.29) is 0 Å². The van der Waals surface area contributed by atoms with Crippen molar-refractivity contribution in [1.29, 1.82) is 0 Å². The Morgan fingerprint density at radius 2 is 1.93 bits per heavy atom. The standard InChI is InChI=1S/C13H19N/c1-10-3-5-12(6-4-10)9-11(2)14-13-7-8-13/h3-6,11,13-14H,7-9H2,1-2H3. The van der Waals surface area contributed by atoms with E-state index in [1.165, 1.54) is 24.0 Å². The average Bonchev–Trinajstić information content (AvgIpc) is 2.93. The average molecular weight is 189 g/mol. The van der Waals surface area contributed by atoms with Crippen molar-refractivity contribution in [1.82, 2.24) is 5.32 Å². The second kappa shape index (κ2) is 4.14. The highest BCUT2D eigenvalue weighted by Gasteiger charge is 2.22. The van der Waals surface area contributed by atoms with Crippen molar-refractivity contribution in [2.24, 2.45) is 0 Å². The highest BCUT2D eigenvalue weighted by Crippen LogP contribution is 2.20. The molecule has 1 heteroatoms. The van der Waals surface area contributed by atoms with Crippen LogP contribution in [0.25, 0.3) is 0 Å². The predicted molar refractivity (Wildman–Crippen MR) is 60.5 cm³/mol. The second-order valence-electron chi connectivity index (χ2n) is 4.53. The Morgan fingerprint density at radius 3 is 2.50 bits per heavy atom.